The maximum absolute atomic E-state index is 11.9. The van der Waals surface area contributed by atoms with Gasteiger partial charge in [-0.15, -0.1) is 0 Å². The maximum Gasteiger partial charge on any atom is 0.239 e. The lowest BCUT2D eigenvalue weighted by molar-refractivity contribution is -0.120. The molecule has 1 aromatic rings. The molecule has 2 rings (SSSR count). The summed E-state index contributed by atoms with van der Waals surface area (Å²) in [5.74, 6) is 1.24. The molecule has 6 heteroatoms. The van der Waals surface area contributed by atoms with Gasteiger partial charge in [0.25, 0.3) is 0 Å². The molecule has 1 fully saturated rings. The SMILES string of the molecule is CN(CC(=O)NCC1CCCC1CO)c1ncccn1. The van der Waals surface area contributed by atoms with Crippen LogP contribution in [0.3, 0.4) is 0 Å². The average Bonchev–Trinajstić information content (AvgIpc) is 2.93. The fourth-order valence-electron chi connectivity index (χ4n) is 2.70. The van der Waals surface area contributed by atoms with Gasteiger partial charge in [0.15, 0.2) is 0 Å². The molecule has 0 saturated heterocycles. The largest absolute Gasteiger partial charge is 0.396 e. The molecule has 1 aromatic heterocycles. The molecule has 1 aliphatic carbocycles. The first kappa shape index (κ1) is 14.7. The number of hydrogen-bond acceptors (Lipinski definition) is 5. The number of hydrogen-bond donors (Lipinski definition) is 2. The normalized spacial score (nSPS) is 21.7. The quantitative estimate of drug-likeness (QED) is 0.789. The Bertz CT molecular complexity index is 426. The van der Waals surface area contributed by atoms with Crippen molar-refractivity contribution in [2.45, 2.75) is 19.3 Å². The monoisotopic (exact) mass is 278 g/mol. The number of aromatic nitrogens is 2. The molecule has 6 nitrogen and oxygen atoms in total. The smallest absolute Gasteiger partial charge is 0.239 e. The third kappa shape index (κ3) is 3.90. The average molecular weight is 278 g/mol. The Balaban J connectivity index is 1.75. The number of aliphatic hydroxyl groups excluding tert-OH is 1. The first-order valence-corrected chi connectivity index (χ1v) is 7.06. The number of nitrogens with zero attached hydrogens (tertiary/aromatic N) is 3. The van der Waals surface area contributed by atoms with Crippen molar-refractivity contribution in [1.29, 1.82) is 0 Å². The lowest BCUT2D eigenvalue weighted by atomic mass is 9.97. The van der Waals surface area contributed by atoms with E-state index in [4.69, 9.17) is 0 Å². The summed E-state index contributed by atoms with van der Waals surface area (Å²) in [4.78, 5) is 21.8. The van der Waals surface area contributed by atoms with E-state index in [9.17, 15) is 9.90 Å². The van der Waals surface area contributed by atoms with Crippen LogP contribution in [0.2, 0.25) is 0 Å². The molecule has 1 aliphatic rings. The van der Waals surface area contributed by atoms with Crippen molar-refractivity contribution in [3.05, 3.63) is 18.5 Å². The second kappa shape index (κ2) is 7.19. The van der Waals surface area contributed by atoms with Crippen LogP contribution in [0.25, 0.3) is 0 Å². The van der Waals surface area contributed by atoms with E-state index in [1.165, 1.54) is 0 Å². The molecule has 20 heavy (non-hydrogen) atoms. The van der Waals surface area contributed by atoms with Crippen molar-refractivity contribution in [2.75, 3.05) is 31.6 Å². The Morgan fingerprint density at radius 2 is 2.10 bits per heavy atom. The zero-order valence-electron chi connectivity index (χ0n) is 11.8. The van der Waals surface area contributed by atoms with Gasteiger partial charge in [-0.05, 0) is 30.7 Å². The van der Waals surface area contributed by atoms with Crippen LogP contribution in [-0.2, 0) is 4.79 Å². The number of nitrogens with one attached hydrogen (secondary N) is 1. The predicted molar refractivity (Wildman–Crippen MR) is 76.2 cm³/mol. The molecule has 1 heterocycles. The highest BCUT2D eigenvalue weighted by Gasteiger charge is 2.26. The number of amides is 1. The van der Waals surface area contributed by atoms with Crippen molar-refractivity contribution in [3.8, 4) is 0 Å². The minimum Gasteiger partial charge on any atom is -0.396 e. The first-order chi connectivity index (χ1) is 9.70. The molecule has 1 amide bonds. The van der Waals surface area contributed by atoms with Crippen LogP contribution < -0.4 is 10.2 Å². The van der Waals surface area contributed by atoms with Crippen LogP contribution in [0.15, 0.2) is 18.5 Å². The highest BCUT2D eigenvalue weighted by Crippen LogP contribution is 2.30. The Labute approximate surface area is 119 Å². The molecule has 0 aliphatic heterocycles. The van der Waals surface area contributed by atoms with Crippen LogP contribution in [0.4, 0.5) is 5.95 Å². The molecule has 2 atom stereocenters. The van der Waals surface area contributed by atoms with E-state index < -0.39 is 0 Å². The fourth-order valence-corrected chi connectivity index (χ4v) is 2.70. The van der Waals surface area contributed by atoms with E-state index in [-0.39, 0.29) is 19.1 Å². The molecule has 0 radical (unpaired) electrons. The number of carbonyl (C=O) groups excluding carboxylic acids is 1. The van der Waals surface area contributed by atoms with Gasteiger partial charge >= 0.3 is 0 Å². The van der Waals surface area contributed by atoms with Crippen molar-refractivity contribution in [1.82, 2.24) is 15.3 Å². The first-order valence-electron chi connectivity index (χ1n) is 7.06. The van der Waals surface area contributed by atoms with Crippen molar-refractivity contribution < 1.29 is 9.90 Å². The fraction of sp³-hybridized carbons (Fsp3) is 0.643. The minimum atomic E-state index is -0.0384. The van der Waals surface area contributed by atoms with Gasteiger partial charge in [0.2, 0.25) is 11.9 Å². The van der Waals surface area contributed by atoms with Crippen molar-refractivity contribution in [2.24, 2.45) is 11.8 Å². The third-order valence-electron chi connectivity index (χ3n) is 3.89. The molecule has 0 spiro atoms. The number of aliphatic hydroxyl groups is 1. The summed E-state index contributed by atoms with van der Waals surface area (Å²) in [6.07, 6.45) is 6.60. The summed E-state index contributed by atoms with van der Waals surface area (Å²) in [6, 6.07) is 1.74. The van der Waals surface area contributed by atoms with Crippen LogP contribution in [0.5, 0.6) is 0 Å². The van der Waals surface area contributed by atoms with Crippen molar-refractivity contribution >= 4 is 11.9 Å². The zero-order chi connectivity index (χ0) is 14.4. The molecule has 1 saturated carbocycles. The van der Waals surface area contributed by atoms with E-state index >= 15 is 0 Å². The molecule has 110 valence electrons. The zero-order valence-corrected chi connectivity index (χ0v) is 11.8. The number of likely N-dealkylation sites (N-methyl/N-ethyl adjacent to an activating group) is 1. The molecule has 0 aromatic carbocycles. The molecular weight excluding hydrogens is 256 g/mol. The van der Waals surface area contributed by atoms with Crippen LogP contribution >= 0.6 is 0 Å². The number of rotatable bonds is 6. The minimum absolute atomic E-state index is 0.0384. The van der Waals surface area contributed by atoms with E-state index in [0.29, 0.717) is 24.3 Å². The summed E-state index contributed by atoms with van der Waals surface area (Å²) < 4.78 is 0. The molecular formula is C14H22N4O2. The summed E-state index contributed by atoms with van der Waals surface area (Å²) in [5, 5.41) is 12.2. The second-order valence-electron chi connectivity index (χ2n) is 5.34. The third-order valence-corrected chi connectivity index (χ3v) is 3.89. The van der Waals surface area contributed by atoms with Crippen LogP contribution in [-0.4, -0.2) is 47.7 Å². The van der Waals surface area contributed by atoms with E-state index in [1.54, 1.807) is 30.4 Å². The second-order valence-corrected chi connectivity index (χ2v) is 5.34. The van der Waals surface area contributed by atoms with Crippen molar-refractivity contribution in [3.63, 3.8) is 0 Å². The Kier molecular flexibility index (Phi) is 5.29. The highest BCUT2D eigenvalue weighted by atomic mass is 16.3. The predicted octanol–water partition coefficient (Wildman–Crippen LogP) is 0.438. The number of carbonyl (C=O) groups is 1. The van der Waals surface area contributed by atoms with Crippen LogP contribution in [0, 0.1) is 11.8 Å². The van der Waals surface area contributed by atoms with Gasteiger partial charge in [-0.2, -0.15) is 0 Å². The summed E-state index contributed by atoms with van der Waals surface area (Å²) >= 11 is 0. The van der Waals surface area contributed by atoms with Gasteiger partial charge in [0.1, 0.15) is 0 Å². The molecule has 2 unspecified atom stereocenters. The van der Waals surface area contributed by atoms with Gasteiger partial charge in [0.05, 0.1) is 6.54 Å². The van der Waals surface area contributed by atoms with E-state index in [0.717, 1.165) is 19.3 Å². The van der Waals surface area contributed by atoms with Gasteiger partial charge in [0, 0.05) is 32.6 Å². The standard InChI is InChI=1S/C14H22N4O2/c1-18(14-15-6-3-7-16-14)9-13(20)17-8-11-4-2-5-12(11)10-19/h3,6-7,11-12,19H,2,4-5,8-10H2,1H3,(H,17,20). The Hall–Kier alpha value is -1.69. The lowest BCUT2D eigenvalue weighted by Crippen LogP contribution is -2.39. The summed E-state index contributed by atoms with van der Waals surface area (Å²) in [7, 11) is 1.79. The van der Waals surface area contributed by atoms with E-state index in [1.807, 2.05) is 0 Å². The van der Waals surface area contributed by atoms with Gasteiger partial charge in [-0.1, -0.05) is 6.42 Å². The summed E-state index contributed by atoms with van der Waals surface area (Å²) in [5.41, 5.74) is 0. The highest BCUT2D eigenvalue weighted by molar-refractivity contribution is 5.80. The Morgan fingerprint density at radius 3 is 2.80 bits per heavy atom. The van der Waals surface area contributed by atoms with E-state index in [2.05, 4.69) is 15.3 Å². The lowest BCUT2D eigenvalue weighted by Gasteiger charge is -2.20. The number of anilines is 1. The van der Waals surface area contributed by atoms with Gasteiger partial charge in [-0.3, -0.25) is 4.79 Å². The van der Waals surface area contributed by atoms with Gasteiger partial charge in [-0.25, -0.2) is 9.97 Å². The topological polar surface area (TPSA) is 78.4 Å². The Morgan fingerprint density at radius 1 is 1.40 bits per heavy atom. The molecule has 2 N–H and O–H groups in total. The maximum atomic E-state index is 11.9. The summed E-state index contributed by atoms with van der Waals surface area (Å²) in [6.45, 7) is 1.10. The molecule has 0 bridgehead atoms. The van der Waals surface area contributed by atoms with Crippen LogP contribution in [0.1, 0.15) is 19.3 Å². The van der Waals surface area contributed by atoms with Gasteiger partial charge < -0.3 is 15.3 Å².